The maximum absolute atomic E-state index is 13.3. The topological polar surface area (TPSA) is 18.5 Å². The van der Waals surface area contributed by atoms with Gasteiger partial charge in [0.15, 0.2) is 0 Å². The average molecular weight is 278 g/mol. The number of methoxy groups -OCH3 is 2. The van der Waals surface area contributed by atoms with E-state index in [1.54, 1.807) is 24.3 Å². The van der Waals surface area contributed by atoms with Crippen LogP contribution in [-0.2, 0) is 9.47 Å². The van der Waals surface area contributed by atoms with E-state index in [2.05, 4.69) is 0 Å². The molecule has 106 valence electrons. The van der Waals surface area contributed by atoms with Crippen molar-refractivity contribution in [1.29, 1.82) is 0 Å². The maximum atomic E-state index is 13.3. The molecule has 0 aromatic heterocycles. The first kappa shape index (κ1) is 14.6. The molecule has 0 fully saturated rings. The monoisotopic (exact) mass is 278 g/mol. The quantitative estimate of drug-likeness (QED) is 0.821. The highest BCUT2D eigenvalue weighted by molar-refractivity contribution is 5.26. The summed E-state index contributed by atoms with van der Waals surface area (Å²) in [6, 6.07) is 12.2. The molecule has 2 rings (SSSR count). The Kier molecular flexibility index (Phi) is 4.82. The van der Waals surface area contributed by atoms with E-state index in [-0.39, 0.29) is 11.6 Å². The summed E-state index contributed by atoms with van der Waals surface area (Å²) in [5.74, 6) is -0.697. The molecule has 2 aromatic carbocycles. The van der Waals surface area contributed by atoms with Gasteiger partial charge in [-0.15, -0.1) is 0 Å². The lowest BCUT2D eigenvalue weighted by Gasteiger charge is -2.25. The van der Waals surface area contributed by atoms with Crippen molar-refractivity contribution < 1.29 is 18.3 Å². The SMILES string of the molecule is CO[C@H](c1cccc(F)c1)[C@H](OC)c1cccc(F)c1. The Morgan fingerprint density at radius 1 is 0.750 bits per heavy atom. The molecule has 20 heavy (non-hydrogen) atoms. The fraction of sp³-hybridized carbons (Fsp3) is 0.250. The second kappa shape index (κ2) is 6.59. The Labute approximate surface area is 117 Å². The summed E-state index contributed by atoms with van der Waals surface area (Å²) in [6.45, 7) is 0. The predicted molar refractivity (Wildman–Crippen MR) is 72.3 cm³/mol. The van der Waals surface area contributed by atoms with E-state index in [4.69, 9.17) is 9.47 Å². The van der Waals surface area contributed by atoms with Crippen LogP contribution < -0.4 is 0 Å². The van der Waals surface area contributed by atoms with Gasteiger partial charge >= 0.3 is 0 Å². The highest BCUT2D eigenvalue weighted by Gasteiger charge is 2.25. The summed E-state index contributed by atoms with van der Waals surface area (Å²) in [5, 5.41) is 0. The molecular formula is C16H16F2O2. The molecule has 0 unspecified atom stereocenters. The van der Waals surface area contributed by atoms with Crippen LogP contribution in [0.5, 0.6) is 0 Å². The molecule has 0 aliphatic rings. The number of hydrogen-bond acceptors (Lipinski definition) is 2. The second-order valence-electron chi connectivity index (χ2n) is 4.42. The maximum Gasteiger partial charge on any atom is 0.123 e. The molecular weight excluding hydrogens is 262 g/mol. The van der Waals surface area contributed by atoms with Gasteiger partial charge in [0, 0.05) is 14.2 Å². The Hall–Kier alpha value is -1.78. The van der Waals surface area contributed by atoms with E-state index in [1.807, 2.05) is 0 Å². The zero-order valence-electron chi connectivity index (χ0n) is 11.3. The zero-order valence-corrected chi connectivity index (χ0v) is 11.3. The van der Waals surface area contributed by atoms with E-state index in [1.165, 1.54) is 38.5 Å². The third kappa shape index (κ3) is 3.21. The van der Waals surface area contributed by atoms with Gasteiger partial charge in [-0.05, 0) is 35.4 Å². The van der Waals surface area contributed by atoms with E-state index >= 15 is 0 Å². The number of halogens is 2. The van der Waals surface area contributed by atoms with E-state index in [9.17, 15) is 8.78 Å². The molecule has 0 amide bonds. The van der Waals surface area contributed by atoms with Crippen molar-refractivity contribution in [2.75, 3.05) is 14.2 Å². The van der Waals surface area contributed by atoms with Crippen molar-refractivity contribution in [3.8, 4) is 0 Å². The van der Waals surface area contributed by atoms with Crippen LogP contribution >= 0.6 is 0 Å². The van der Waals surface area contributed by atoms with Crippen LogP contribution in [-0.4, -0.2) is 14.2 Å². The largest absolute Gasteiger partial charge is 0.374 e. The van der Waals surface area contributed by atoms with Gasteiger partial charge in [-0.2, -0.15) is 0 Å². The summed E-state index contributed by atoms with van der Waals surface area (Å²) in [4.78, 5) is 0. The van der Waals surface area contributed by atoms with Crippen molar-refractivity contribution in [3.05, 3.63) is 71.3 Å². The Morgan fingerprint density at radius 3 is 1.45 bits per heavy atom. The van der Waals surface area contributed by atoms with Crippen LogP contribution in [0.1, 0.15) is 23.3 Å². The van der Waals surface area contributed by atoms with Gasteiger partial charge in [0.1, 0.15) is 23.8 Å². The molecule has 4 heteroatoms. The molecule has 0 bridgehead atoms. The zero-order chi connectivity index (χ0) is 14.5. The number of benzene rings is 2. The van der Waals surface area contributed by atoms with Gasteiger partial charge in [-0.25, -0.2) is 8.78 Å². The molecule has 2 nitrogen and oxygen atoms in total. The molecule has 0 aliphatic carbocycles. The van der Waals surface area contributed by atoms with Gasteiger partial charge < -0.3 is 9.47 Å². The molecule has 0 spiro atoms. The third-order valence-corrected chi connectivity index (χ3v) is 3.14. The van der Waals surface area contributed by atoms with Crippen molar-refractivity contribution in [2.45, 2.75) is 12.2 Å². The van der Waals surface area contributed by atoms with Crippen LogP contribution in [0.15, 0.2) is 48.5 Å². The van der Waals surface area contributed by atoms with Gasteiger partial charge in [-0.1, -0.05) is 24.3 Å². The lowest BCUT2D eigenvalue weighted by molar-refractivity contribution is -0.0399. The van der Waals surface area contributed by atoms with Crippen molar-refractivity contribution in [1.82, 2.24) is 0 Å². The fourth-order valence-electron chi connectivity index (χ4n) is 2.24. The Morgan fingerprint density at radius 2 is 1.15 bits per heavy atom. The van der Waals surface area contributed by atoms with E-state index < -0.39 is 12.2 Å². The molecule has 0 heterocycles. The molecule has 2 atom stereocenters. The minimum absolute atomic E-state index is 0.348. The third-order valence-electron chi connectivity index (χ3n) is 3.14. The lowest BCUT2D eigenvalue weighted by atomic mass is 9.98. The number of hydrogen-bond donors (Lipinski definition) is 0. The fourth-order valence-corrected chi connectivity index (χ4v) is 2.24. The highest BCUT2D eigenvalue weighted by Crippen LogP contribution is 2.34. The van der Waals surface area contributed by atoms with Crippen molar-refractivity contribution in [3.63, 3.8) is 0 Å². The molecule has 0 saturated carbocycles. The number of ether oxygens (including phenoxy) is 2. The molecule has 0 N–H and O–H groups in total. The summed E-state index contributed by atoms with van der Waals surface area (Å²) in [7, 11) is 3.03. The smallest absolute Gasteiger partial charge is 0.123 e. The summed E-state index contributed by atoms with van der Waals surface area (Å²) in [5.41, 5.74) is 1.28. The Balaban J connectivity index is 2.37. The van der Waals surface area contributed by atoms with Gasteiger partial charge in [0.05, 0.1) is 0 Å². The van der Waals surface area contributed by atoms with Crippen LogP contribution in [0, 0.1) is 11.6 Å². The molecule has 2 aromatic rings. The highest BCUT2D eigenvalue weighted by atomic mass is 19.1. The minimum atomic E-state index is -0.516. The molecule has 0 aliphatic heterocycles. The summed E-state index contributed by atoms with van der Waals surface area (Å²) in [6.07, 6.45) is -1.03. The predicted octanol–water partition coefficient (Wildman–Crippen LogP) is 4.04. The first-order valence-electron chi connectivity index (χ1n) is 6.22. The lowest BCUT2D eigenvalue weighted by Crippen LogP contribution is -2.15. The summed E-state index contributed by atoms with van der Waals surface area (Å²) >= 11 is 0. The van der Waals surface area contributed by atoms with E-state index in [0.29, 0.717) is 11.1 Å². The van der Waals surface area contributed by atoms with Crippen LogP contribution in [0.25, 0.3) is 0 Å². The standard InChI is InChI=1S/C16H16F2O2/c1-19-15(11-5-3-7-13(17)9-11)16(20-2)12-6-4-8-14(18)10-12/h3-10,15-16H,1-2H3/t15-,16-/m1/s1. The second-order valence-corrected chi connectivity index (χ2v) is 4.42. The summed E-state index contributed by atoms with van der Waals surface area (Å²) < 4.78 is 37.5. The molecule has 0 radical (unpaired) electrons. The number of rotatable bonds is 5. The van der Waals surface area contributed by atoms with Gasteiger partial charge in [0.25, 0.3) is 0 Å². The van der Waals surface area contributed by atoms with Crippen LogP contribution in [0.2, 0.25) is 0 Å². The van der Waals surface area contributed by atoms with Crippen LogP contribution in [0.3, 0.4) is 0 Å². The first-order chi connectivity index (χ1) is 9.65. The molecule has 0 saturated heterocycles. The normalized spacial score (nSPS) is 14.0. The van der Waals surface area contributed by atoms with E-state index in [0.717, 1.165) is 0 Å². The van der Waals surface area contributed by atoms with Crippen molar-refractivity contribution >= 4 is 0 Å². The Bertz CT molecular complexity index is 520. The van der Waals surface area contributed by atoms with Gasteiger partial charge in [-0.3, -0.25) is 0 Å². The van der Waals surface area contributed by atoms with Gasteiger partial charge in [0.2, 0.25) is 0 Å². The average Bonchev–Trinajstić information content (AvgIpc) is 2.44. The first-order valence-corrected chi connectivity index (χ1v) is 6.22. The van der Waals surface area contributed by atoms with Crippen LogP contribution in [0.4, 0.5) is 8.78 Å². The van der Waals surface area contributed by atoms with Crippen molar-refractivity contribution in [2.24, 2.45) is 0 Å². The minimum Gasteiger partial charge on any atom is -0.374 e.